The van der Waals surface area contributed by atoms with Crippen LogP contribution in [0.3, 0.4) is 0 Å². The summed E-state index contributed by atoms with van der Waals surface area (Å²) in [5.41, 5.74) is 3.86. The number of amides is 1. The molecule has 3 aromatic rings. The summed E-state index contributed by atoms with van der Waals surface area (Å²) in [5.74, 6) is 0.0541. The Labute approximate surface area is 175 Å². The van der Waals surface area contributed by atoms with Crippen molar-refractivity contribution in [3.8, 4) is 0 Å². The first-order valence-corrected chi connectivity index (χ1v) is 10.9. The Morgan fingerprint density at radius 3 is 2.63 bits per heavy atom. The summed E-state index contributed by atoms with van der Waals surface area (Å²) < 4.78 is 1.62. The zero-order valence-corrected chi connectivity index (χ0v) is 17.1. The third kappa shape index (κ3) is 3.77. The van der Waals surface area contributed by atoms with Crippen molar-refractivity contribution in [1.82, 2.24) is 24.6 Å². The molecule has 1 aromatic carbocycles. The summed E-state index contributed by atoms with van der Waals surface area (Å²) in [4.78, 5) is 32.7. The highest BCUT2D eigenvalue weighted by molar-refractivity contribution is 5.98. The van der Waals surface area contributed by atoms with Crippen LogP contribution in [0.1, 0.15) is 34.6 Å². The van der Waals surface area contributed by atoms with Crippen LogP contribution in [0.25, 0.3) is 10.9 Å². The molecule has 3 heterocycles. The van der Waals surface area contributed by atoms with Gasteiger partial charge >= 0.3 is 0 Å². The van der Waals surface area contributed by atoms with E-state index in [1.807, 2.05) is 35.2 Å². The maximum Gasteiger partial charge on any atom is 0.270 e. The standard InChI is InChI=1S/C23H27N5O2/c29-22-16-18-6-2-4-8-20(18)25-28(22)14-11-26-9-12-27(13-10-26)23(30)21-15-17-5-1-3-7-19(17)24-21/h1,3,5,7,15-16,24H,2,4,6,8-14H2. The van der Waals surface area contributed by atoms with Gasteiger partial charge in [0.05, 0.1) is 12.2 Å². The zero-order valence-electron chi connectivity index (χ0n) is 17.1. The van der Waals surface area contributed by atoms with E-state index in [0.29, 0.717) is 25.3 Å². The SMILES string of the molecule is O=C(c1cc2ccccc2[nH]1)N1CCN(CCn2nc3c(cc2=O)CCCC3)CC1. The number of hydrogen-bond acceptors (Lipinski definition) is 4. The molecule has 1 saturated heterocycles. The largest absolute Gasteiger partial charge is 0.351 e. The highest BCUT2D eigenvalue weighted by atomic mass is 16.2. The number of piperazine rings is 1. The van der Waals surface area contributed by atoms with Gasteiger partial charge < -0.3 is 9.88 Å². The second-order valence-corrected chi connectivity index (χ2v) is 8.29. The van der Waals surface area contributed by atoms with E-state index >= 15 is 0 Å². The van der Waals surface area contributed by atoms with Gasteiger partial charge in [-0.2, -0.15) is 5.10 Å². The Morgan fingerprint density at radius 1 is 1.00 bits per heavy atom. The maximum atomic E-state index is 12.9. The van der Waals surface area contributed by atoms with Gasteiger partial charge in [0, 0.05) is 49.7 Å². The number of carbonyl (C=O) groups is 1. The van der Waals surface area contributed by atoms with Crippen molar-refractivity contribution in [3.63, 3.8) is 0 Å². The Hall–Kier alpha value is -2.93. The lowest BCUT2D eigenvalue weighted by molar-refractivity contribution is 0.0626. The van der Waals surface area contributed by atoms with Gasteiger partial charge in [-0.25, -0.2) is 4.68 Å². The third-order valence-electron chi connectivity index (χ3n) is 6.32. The summed E-state index contributed by atoms with van der Waals surface area (Å²) >= 11 is 0. The number of aryl methyl sites for hydroxylation is 2. The predicted octanol–water partition coefficient (Wildman–Crippen LogP) is 2.06. The number of nitrogens with one attached hydrogen (secondary N) is 1. The van der Waals surface area contributed by atoms with Crippen molar-refractivity contribution in [3.05, 3.63) is 63.7 Å². The molecule has 5 rings (SSSR count). The van der Waals surface area contributed by atoms with E-state index in [1.54, 1.807) is 10.7 Å². The van der Waals surface area contributed by atoms with Gasteiger partial charge in [0.1, 0.15) is 5.69 Å². The minimum Gasteiger partial charge on any atom is -0.351 e. The number of benzene rings is 1. The molecule has 2 aliphatic rings. The predicted molar refractivity (Wildman–Crippen MR) is 116 cm³/mol. The minimum absolute atomic E-state index is 0.00303. The molecule has 156 valence electrons. The van der Waals surface area contributed by atoms with E-state index in [-0.39, 0.29) is 11.5 Å². The number of fused-ring (bicyclic) bond motifs is 2. The fourth-order valence-electron chi connectivity index (χ4n) is 4.53. The maximum absolute atomic E-state index is 12.9. The molecule has 7 nitrogen and oxygen atoms in total. The highest BCUT2D eigenvalue weighted by Crippen LogP contribution is 2.18. The van der Waals surface area contributed by atoms with Gasteiger partial charge in [0.25, 0.3) is 11.5 Å². The molecular formula is C23H27N5O2. The molecule has 1 aliphatic carbocycles. The molecule has 0 radical (unpaired) electrons. The second-order valence-electron chi connectivity index (χ2n) is 8.29. The topological polar surface area (TPSA) is 74.2 Å². The van der Waals surface area contributed by atoms with Gasteiger partial charge in [0.15, 0.2) is 0 Å². The molecule has 0 spiro atoms. The fraction of sp³-hybridized carbons (Fsp3) is 0.435. The lowest BCUT2D eigenvalue weighted by Crippen LogP contribution is -2.49. The van der Waals surface area contributed by atoms with Gasteiger partial charge in [-0.1, -0.05) is 18.2 Å². The first-order chi connectivity index (χ1) is 14.7. The number of rotatable bonds is 4. The molecule has 1 aliphatic heterocycles. The molecule has 2 aromatic heterocycles. The Balaban J connectivity index is 1.17. The lowest BCUT2D eigenvalue weighted by atomic mass is 9.97. The smallest absolute Gasteiger partial charge is 0.270 e. The van der Waals surface area contributed by atoms with E-state index in [0.717, 1.165) is 67.5 Å². The minimum atomic E-state index is 0.00303. The number of nitrogens with zero attached hydrogens (tertiary/aromatic N) is 4. The van der Waals surface area contributed by atoms with Gasteiger partial charge in [0.2, 0.25) is 0 Å². The van der Waals surface area contributed by atoms with Crippen molar-refractivity contribution >= 4 is 16.8 Å². The van der Waals surface area contributed by atoms with Crippen LogP contribution in [-0.4, -0.2) is 63.2 Å². The third-order valence-corrected chi connectivity index (χ3v) is 6.32. The first kappa shape index (κ1) is 19.1. The van der Waals surface area contributed by atoms with Crippen LogP contribution in [0.2, 0.25) is 0 Å². The van der Waals surface area contributed by atoms with Crippen molar-refractivity contribution in [2.45, 2.75) is 32.2 Å². The summed E-state index contributed by atoms with van der Waals surface area (Å²) in [6.45, 7) is 4.39. The molecule has 1 amide bonds. The highest BCUT2D eigenvalue weighted by Gasteiger charge is 2.23. The van der Waals surface area contributed by atoms with Crippen LogP contribution in [0.5, 0.6) is 0 Å². The summed E-state index contributed by atoms with van der Waals surface area (Å²) in [5, 5.41) is 5.67. The van der Waals surface area contributed by atoms with Crippen LogP contribution in [0.15, 0.2) is 41.2 Å². The molecule has 0 bridgehead atoms. The van der Waals surface area contributed by atoms with Gasteiger partial charge in [-0.15, -0.1) is 0 Å². The molecule has 7 heteroatoms. The van der Waals surface area contributed by atoms with Crippen LogP contribution >= 0.6 is 0 Å². The van der Waals surface area contributed by atoms with E-state index < -0.39 is 0 Å². The van der Waals surface area contributed by atoms with E-state index in [2.05, 4.69) is 15.0 Å². The van der Waals surface area contributed by atoms with E-state index in [1.165, 1.54) is 0 Å². The van der Waals surface area contributed by atoms with E-state index in [9.17, 15) is 9.59 Å². The Kier molecular flexibility index (Phi) is 5.12. The number of carbonyl (C=O) groups excluding carboxylic acids is 1. The molecular weight excluding hydrogens is 378 g/mol. The normalized spacial score (nSPS) is 17.3. The van der Waals surface area contributed by atoms with Crippen molar-refractivity contribution in [2.24, 2.45) is 0 Å². The first-order valence-electron chi connectivity index (χ1n) is 10.9. The average molecular weight is 406 g/mol. The summed E-state index contributed by atoms with van der Waals surface area (Å²) in [7, 11) is 0. The molecule has 1 fully saturated rings. The quantitative estimate of drug-likeness (QED) is 0.721. The van der Waals surface area contributed by atoms with Crippen molar-refractivity contribution in [2.75, 3.05) is 32.7 Å². The van der Waals surface area contributed by atoms with Crippen molar-refractivity contribution in [1.29, 1.82) is 0 Å². The summed E-state index contributed by atoms with van der Waals surface area (Å²) in [6, 6.07) is 11.6. The van der Waals surface area contributed by atoms with Crippen LogP contribution in [0, 0.1) is 0 Å². The zero-order chi connectivity index (χ0) is 20.5. The van der Waals surface area contributed by atoms with Crippen LogP contribution < -0.4 is 5.56 Å². The molecule has 0 saturated carbocycles. The number of hydrogen-bond donors (Lipinski definition) is 1. The lowest BCUT2D eigenvalue weighted by Gasteiger charge is -2.34. The number of H-pyrrole nitrogens is 1. The number of para-hydroxylation sites is 1. The average Bonchev–Trinajstić information content (AvgIpc) is 3.22. The fourth-order valence-corrected chi connectivity index (χ4v) is 4.53. The van der Waals surface area contributed by atoms with Crippen LogP contribution in [0.4, 0.5) is 0 Å². The number of aromatic amines is 1. The van der Waals surface area contributed by atoms with Crippen molar-refractivity contribution < 1.29 is 4.79 Å². The molecule has 30 heavy (non-hydrogen) atoms. The van der Waals surface area contributed by atoms with Crippen LogP contribution in [-0.2, 0) is 19.4 Å². The number of aromatic nitrogens is 3. The Morgan fingerprint density at radius 2 is 1.80 bits per heavy atom. The molecule has 0 unspecified atom stereocenters. The van der Waals surface area contributed by atoms with Gasteiger partial charge in [-0.3, -0.25) is 14.5 Å². The molecule has 0 atom stereocenters. The van der Waals surface area contributed by atoms with E-state index in [4.69, 9.17) is 0 Å². The molecule has 1 N–H and O–H groups in total. The van der Waals surface area contributed by atoms with Gasteiger partial charge in [-0.05, 0) is 43.4 Å². The second kappa shape index (κ2) is 8.07. The Bertz CT molecular complexity index is 1090. The summed E-state index contributed by atoms with van der Waals surface area (Å²) in [6.07, 6.45) is 4.26. The monoisotopic (exact) mass is 405 g/mol.